The van der Waals surface area contributed by atoms with Crippen molar-refractivity contribution in [3.05, 3.63) is 95.2 Å². The highest BCUT2D eigenvalue weighted by Crippen LogP contribution is 2.37. The Morgan fingerprint density at radius 2 is 1.58 bits per heavy atom. The van der Waals surface area contributed by atoms with Gasteiger partial charge in [0.1, 0.15) is 0 Å². The number of aromatic nitrogens is 3. The number of carbonyl (C=O) groups excluding carboxylic acids is 1. The Morgan fingerprint density at radius 1 is 0.921 bits per heavy atom. The van der Waals surface area contributed by atoms with Crippen molar-refractivity contribution in [1.29, 1.82) is 0 Å². The molecule has 5 aromatic rings. The third-order valence-corrected chi connectivity index (χ3v) is 8.88. The third-order valence-electron chi connectivity index (χ3n) is 7.65. The maximum atomic E-state index is 14.1. The van der Waals surface area contributed by atoms with Crippen LogP contribution >= 0.6 is 11.8 Å². The van der Waals surface area contributed by atoms with Gasteiger partial charge in [-0.05, 0) is 57.6 Å². The van der Waals surface area contributed by atoms with Crippen LogP contribution in [0.1, 0.15) is 53.4 Å². The van der Waals surface area contributed by atoms with Crippen molar-refractivity contribution in [3.63, 3.8) is 0 Å². The number of aryl methyl sites for hydroxylation is 3. The van der Waals surface area contributed by atoms with Gasteiger partial charge in [-0.1, -0.05) is 96.5 Å². The number of fused-ring (bicyclic) bond motifs is 3. The molecule has 1 aliphatic carbocycles. The smallest absolute Gasteiger partial charge is 0.244 e. The first-order valence-corrected chi connectivity index (χ1v) is 14.5. The number of thioether (sulfide) groups is 1. The van der Waals surface area contributed by atoms with E-state index in [1.807, 2.05) is 10.6 Å². The van der Waals surface area contributed by atoms with E-state index >= 15 is 0 Å². The molecule has 0 bridgehead atoms. The molecule has 1 aliphatic rings. The molecular formula is C33H33N3OS. The Hall–Kier alpha value is -3.57. The average Bonchev–Trinajstić information content (AvgIpc) is 3.52. The molecule has 4 nitrogen and oxygen atoms in total. The number of imidazole rings is 1. The number of hydrogen-bond acceptors (Lipinski definition) is 3. The molecule has 1 atom stereocenters. The van der Waals surface area contributed by atoms with Crippen LogP contribution in [0, 0.1) is 13.8 Å². The number of nitrogens with zero attached hydrogens (tertiary/aromatic N) is 2. The molecule has 3 aromatic carbocycles. The Morgan fingerprint density at radius 3 is 2.29 bits per heavy atom. The van der Waals surface area contributed by atoms with Gasteiger partial charge in [0.2, 0.25) is 5.91 Å². The fourth-order valence-electron chi connectivity index (χ4n) is 5.59. The number of para-hydroxylation sites is 1. The standard InChI is InChI=1S/C33H33N3OS/c1-4-29(32(37)36-27-11-7-5-9-25(27)26-10-6-8-12-28(26)36)38-33-34-30(23-17-13-21(2)14-18-23)31(35-33)24-19-15-22(3)16-20-24/h5,7,9,11,13-20,29H,4,6,8,10,12H2,1-3H3,(H,34,35). The molecule has 0 spiro atoms. The van der Waals surface area contributed by atoms with Crippen LogP contribution in [-0.4, -0.2) is 25.7 Å². The van der Waals surface area contributed by atoms with E-state index in [4.69, 9.17) is 4.98 Å². The fraction of sp³-hybridized carbons (Fsp3) is 0.273. The van der Waals surface area contributed by atoms with Crippen LogP contribution in [-0.2, 0) is 12.8 Å². The van der Waals surface area contributed by atoms with Crippen LogP contribution < -0.4 is 0 Å². The molecule has 2 aromatic heterocycles. The second kappa shape index (κ2) is 10.3. The molecule has 0 radical (unpaired) electrons. The Balaban J connectivity index is 1.39. The van der Waals surface area contributed by atoms with Crippen LogP contribution in [0.5, 0.6) is 0 Å². The van der Waals surface area contributed by atoms with E-state index in [0.29, 0.717) is 0 Å². The highest BCUT2D eigenvalue weighted by Gasteiger charge is 2.29. The van der Waals surface area contributed by atoms with Crippen LogP contribution in [0.15, 0.2) is 78.0 Å². The summed E-state index contributed by atoms with van der Waals surface area (Å²) in [6.45, 7) is 6.29. The molecule has 0 saturated carbocycles. The fourth-order valence-corrected chi connectivity index (χ4v) is 6.54. The van der Waals surface area contributed by atoms with E-state index < -0.39 is 0 Å². The van der Waals surface area contributed by atoms with E-state index in [-0.39, 0.29) is 11.2 Å². The van der Waals surface area contributed by atoms with Gasteiger partial charge in [-0.2, -0.15) is 0 Å². The predicted octanol–water partition coefficient (Wildman–Crippen LogP) is 8.41. The van der Waals surface area contributed by atoms with E-state index in [2.05, 4.69) is 92.5 Å². The minimum absolute atomic E-state index is 0.155. The van der Waals surface area contributed by atoms with Crippen molar-refractivity contribution >= 4 is 28.6 Å². The van der Waals surface area contributed by atoms with E-state index in [0.717, 1.165) is 58.9 Å². The van der Waals surface area contributed by atoms with Crippen molar-refractivity contribution in [2.45, 2.75) is 63.3 Å². The lowest BCUT2D eigenvalue weighted by Crippen LogP contribution is -2.26. The Kier molecular flexibility index (Phi) is 6.71. The van der Waals surface area contributed by atoms with Crippen LogP contribution in [0.4, 0.5) is 0 Å². The number of aromatic amines is 1. The van der Waals surface area contributed by atoms with Gasteiger partial charge in [-0.25, -0.2) is 4.98 Å². The number of rotatable bonds is 6. The molecule has 0 aliphatic heterocycles. The first kappa shape index (κ1) is 24.7. The van der Waals surface area contributed by atoms with Gasteiger partial charge in [-0.3, -0.25) is 9.36 Å². The number of carbonyl (C=O) groups is 1. The van der Waals surface area contributed by atoms with Crippen LogP contribution in [0.3, 0.4) is 0 Å². The molecule has 192 valence electrons. The van der Waals surface area contributed by atoms with Crippen molar-refractivity contribution in [3.8, 4) is 22.5 Å². The number of hydrogen-bond donors (Lipinski definition) is 1. The Labute approximate surface area is 228 Å². The molecule has 0 saturated heterocycles. The third kappa shape index (κ3) is 4.49. The van der Waals surface area contributed by atoms with E-state index in [1.54, 1.807) is 11.8 Å². The zero-order valence-corrected chi connectivity index (χ0v) is 23.1. The van der Waals surface area contributed by atoms with Crippen molar-refractivity contribution in [1.82, 2.24) is 14.5 Å². The van der Waals surface area contributed by atoms with Crippen LogP contribution in [0.25, 0.3) is 33.4 Å². The normalized spacial score (nSPS) is 14.0. The lowest BCUT2D eigenvalue weighted by atomic mass is 9.95. The van der Waals surface area contributed by atoms with Gasteiger partial charge >= 0.3 is 0 Å². The molecule has 38 heavy (non-hydrogen) atoms. The second-order valence-corrected chi connectivity index (χ2v) is 11.5. The predicted molar refractivity (Wildman–Crippen MR) is 158 cm³/mol. The summed E-state index contributed by atoms with van der Waals surface area (Å²) in [6, 6.07) is 25.4. The lowest BCUT2D eigenvalue weighted by Gasteiger charge is -2.18. The highest BCUT2D eigenvalue weighted by atomic mass is 32.2. The topological polar surface area (TPSA) is 50.7 Å². The number of H-pyrrole nitrogens is 1. The van der Waals surface area contributed by atoms with Gasteiger partial charge in [0, 0.05) is 22.2 Å². The summed E-state index contributed by atoms with van der Waals surface area (Å²) < 4.78 is 2.02. The minimum Gasteiger partial charge on any atom is -0.332 e. The van der Waals surface area contributed by atoms with Crippen molar-refractivity contribution < 1.29 is 4.79 Å². The maximum absolute atomic E-state index is 14.1. The SMILES string of the molecule is CCC(Sc1nc(-c2ccc(C)cc2)c(-c2ccc(C)cc2)[nH]1)C(=O)n1c2c(c3ccccc31)CCCC2. The lowest BCUT2D eigenvalue weighted by molar-refractivity contribution is 0.0910. The second-order valence-electron chi connectivity index (χ2n) is 10.3. The minimum atomic E-state index is -0.236. The first-order valence-electron chi connectivity index (χ1n) is 13.6. The molecule has 1 N–H and O–H groups in total. The maximum Gasteiger partial charge on any atom is 0.244 e. The average molecular weight is 520 g/mol. The summed E-state index contributed by atoms with van der Waals surface area (Å²) in [6.07, 6.45) is 5.08. The first-order chi connectivity index (χ1) is 18.5. The van der Waals surface area contributed by atoms with Crippen molar-refractivity contribution in [2.24, 2.45) is 0 Å². The molecule has 0 amide bonds. The summed E-state index contributed by atoms with van der Waals surface area (Å²) in [5.74, 6) is 0.155. The zero-order chi connectivity index (χ0) is 26.2. The van der Waals surface area contributed by atoms with Gasteiger partial charge in [0.15, 0.2) is 5.16 Å². The largest absolute Gasteiger partial charge is 0.332 e. The zero-order valence-electron chi connectivity index (χ0n) is 22.3. The molecular weight excluding hydrogens is 486 g/mol. The quantitative estimate of drug-likeness (QED) is 0.229. The highest BCUT2D eigenvalue weighted by molar-refractivity contribution is 8.00. The van der Waals surface area contributed by atoms with Gasteiger partial charge < -0.3 is 4.98 Å². The number of nitrogens with one attached hydrogen (secondary N) is 1. The van der Waals surface area contributed by atoms with Crippen LogP contribution in [0.2, 0.25) is 0 Å². The summed E-state index contributed by atoms with van der Waals surface area (Å²) in [5.41, 5.74) is 10.1. The Bertz CT molecular complexity index is 1550. The van der Waals surface area contributed by atoms with Crippen molar-refractivity contribution in [2.75, 3.05) is 0 Å². The molecule has 0 fully saturated rings. The molecule has 1 unspecified atom stereocenters. The van der Waals surface area contributed by atoms with E-state index in [1.165, 1.54) is 34.2 Å². The van der Waals surface area contributed by atoms with Gasteiger partial charge in [0.25, 0.3) is 0 Å². The van der Waals surface area contributed by atoms with E-state index in [9.17, 15) is 4.79 Å². The number of benzene rings is 3. The van der Waals surface area contributed by atoms with Gasteiger partial charge in [-0.15, -0.1) is 0 Å². The molecule has 6 rings (SSSR count). The molecule has 5 heteroatoms. The molecule has 2 heterocycles. The summed E-state index contributed by atoms with van der Waals surface area (Å²) in [5, 5.41) is 1.78. The summed E-state index contributed by atoms with van der Waals surface area (Å²) in [4.78, 5) is 22.8. The van der Waals surface area contributed by atoms with Gasteiger partial charge in [0.05, 0.1) is 22.2 Å². The summed E-state index contributed by atoms with van der Waals surface area (Å²) in [7, 11) is 0. The summed E-state index contributed by atoms with van der Waals surface area (Å²) >= 11 is 1.55. The monoisotopic (exact) mass is 519 g/mol.